The molecule has 5 heteroatoms. The maximum Gasteiger partial charge on any atom is 0.140 e. The Bertz CT molecular complexity index is 667. The molecule has 3 nitrogen and oxygen atoms in total. The first kappa shape index (κ1) is 14.3. The van der Waals surface area contributed by atoms with Gasteiger partial charge in [-0.3, -0.25) is 0 Å². The lowest BCUT2D eigenvalue weighted by molar-refractivity contribution is 0.306. The number of ether oxygens (including phenoxy) is 1. The molecule has 0 atom stereocenters. The lowest BCUT2D eigenvalue weighted by Crippen LogP contribution is -1.99. The number of rotatable bonds is 4. The first-order valence-corrected chi connectivity index (χ1v) is 6.31. The molecule has 0 aliphatic rings. The van der Waals surface area contributed by atoms with E-state index in [-0.39, 0.29) is 12.2 Å². The molecule has 0 saturated carbocycles. The minimum atomic E-state index is -0.540. The van der Waals surface area contributed by atoms with Crippen LogP contribution >= 0.6 is 11.6 Å². The van der Waals surface area contributed by atoms with Gasteiger partial charge in [-0.2, -0.15) is 5.26 Å². The summed E-state index contributed by atoms with van der Waals surface area (Å²) in [4.78, 5) is 0. The van der Waals surface area contributed by atoms with E-state index in [9.17, 15) is 4.39 Å². The minimum Gasteiger partial charge on any atom is -0.487 e. The zero-order valence-electron chi connectivity index (χ0n) is 10.6. The van der Waals surface area contributed by atoms with Crippen molar-refractivity contribution in [3.05, 3.63) is 63.9 Å². The van der Waals surface area contributed by atoms with Gasteiger partial charge in [-0.05, 0) is 35.4 Å². The number of benzene rings is 2. The van der Waals surface area contributed by atoms with E-state index in [0.717, 1.165) is 5.56 Å². The zero-order chi connectivity index (χ0) is 14.5. The molecule has 0 aliphatic carbocycles. The van der Waals surface area contributed by atoms with Crippen LogP contribution in [0.5, 0.6) is 5.75 Å². The van der Waals surface area contributed by atoms with Gasteiger partial charge in [0.05, 0.1) is 10.6 Å². The van der Waals surface area contributed by atoms with Gasteiger partial charge in [0.15, 0.2) is 0 Å². The molecule has 0 saturated heterocycles. The smallest absolute Gasteiger partial charge is 0.140 e. The molecule has 0 radical (unpaired) electrons. The standard InChI is InChI=1S/C15H12ClFN2O/c16-13-6-10(7-18)2-4-15(13)20-9-11-1-3-14(17)12(5-11)8-19/h1-6H,7,9,18H2. The predicted octanol–water partition coefficient (Wildman–Crippen LogP) is 3.39. The van der Waals surface area contributed by atoms with Crippen molar-refractivity contribution in [3.8, 4) is 11.8 Å². The second kappa shape index (κ2) is 6.38. The minimum absolute atomic E-state index is 0.00400. The molecule has 0 bridgehead atoms. The van der Waals surface area contributed by atoms with Crippen LogP contribution in [0.25, 0.3) is 0 Å². The number of nitriles is 1. The molecule has 20 heavy (non-hydrogen) atoms. The highest BCUT2D eigenvalue weighted by Gasteiger charge is 2.06. The van der Waals surface area contributed by atoms with Crippen LogP contribution in [0.4, 0.5) is 4.39 Å². The van der Waals surface area contributed by atoms with Gasteiger partial charge in [-0.15, -0.1) is 0 Å². The summed E-state index contributed by atoms with van der Waals surface area (Å²) in [5, 5.41) is 9.23. The number of halogens is 2. The van der Waals surface area contributed by atoms with Gasteiger partial charge in [0.25, 0.3) is 0 Å². The average molecular weight is 291 g/mol. The summed E-state index contributed by atoms with van der Waals surface area (Å²) < 4.78 is 18.7. The molecule has 2 rings (SSSR count). The van der Waals surface area contributed by atoms with Gasteiger partial charge in [0.1, 0.15) is 24.2 Å². The monoisotopic (exact) mass is 290 g/mol. The van der Waals surface area contributed by atoms with Crippen molar-refractivity contribution >= 4 is 11.6 Å². The van der Waals surface area contributed by atoms with Gasteiger partial charge >= 0.3 is 0 Å². The van der Waals surface area contributed by atoms with Crippen molar-refractivity contribution in [2.45, 2.75) is 13.2 Å². The summed E-state index contributed by atoms with van der Waals surface area (Å²) in [6, 6.07) is 11.4. The van der Waals surface area contributed by atoms with Crippen LogP contribution < -0.4 is 10.5 Å². The molecule has 0 aromatic heterocycles. The predicted molar refractivity (Wildman–Crippen MR) is 74.8 cm³/mol. The number of hydrogen-bond acceptors (Lipinski definition) is 3. The Hall–Kier alpha value is -2.09. The molecule has 102 valence electrons. The van der Waals surface area contributed by atoms with Crippen molar-refractivity contribution in [1.29, 1.82) is 5.26 Å². The third kappa shape index (κ3) is 3.27. The number of nitrogens with two attached hydrogens (primary N) is 1. The lowest BCUT2D eigenvalue weighted by atomic mass is 10.1. The average Bonchev–Trinajstić information content (AvgIpc) is 2.47. The lowest BCUT2D eigenvalue weighted by Gasteiger charge is -2.09. The van der Waals surface area contributed by atoms with Gasteiger partial charge in [0, 0.05) is 6.54 Å². The Balaban J connectivity index is 2.11. The van der Waals surface area contributed by atoms with Crippen molar-refractivity contribution in [2.24, 2.45) is 5.73 Å². The van der Waals surface area contributed by atoms with Crippen LogP contribution in [0.2, 0.25) is 5.02 Å². The van der Waals surface area contributed by atoms with Crippen molar-refractivity contribution in [1.82, 2.24) is 0 Å². The van der Waals surface area contributed by atoms with E-state index >= 15 is 0 Å². The Labute approximate surface area is 121 Å². The highest BCUT2D eigenvalue weighted by Crippen LogP contribution is 2.26. The molecular weight excluding hydrogens is 279 g/mol. The Morgan fingerprint density at radius 1 is 1.20 bits per heavy atom. The van der Waals surface area contributed by atoms with Gasteiger partial charge in [0.2, 0.25) is 0 Å². The third-order valence-electron chi connectivity index (χ3n) is 2.78. The molecule has 0 heterocycles. The van der Waals surface area contributed by atoms with Crippen molar-refractivity contribution in [2.75, 3.05) is 0 Å². The SMILES string of the molecule is N#Cc1cc(COc2ccc(CN)cc2Cl)ccc1F. The van der Waals surface area contributed by atoms with E-state index in [1.165, 1.54) is 12.1 Å². The molecule has 0 spiro atoms. The fourth-order valence-electron chi connectivity index (χ4n) is 1.70. The van der Waals surface area contributed by atoms with Gasteiger partial charge in [-0.25, -0.2) is 4.39 Å². The normalized spacial score (nSPS) is 10.1. The fourth-order valence-corrected chi connectivity index (χ4v) is 1.96. The third-order valence-corrected chi connectivity index (χ3v) is 3.07. The number of hydrogen-bond donors (Lipinski definition) is 1. The molecular formula is C15H12ClFN2O. The molecule has 0 aliphatic heterocycles. The van der Waals surface area contributed by atoms with Crippen LogP contribution in [0.15, 0.2) is 36.4 Å². The molecule has 0 unspecified atom stereocenters. The van der Waals surface area contributed by atoms with E-state index < -0.39 is 5.82 Å². The second-order valence-electron chi connectivity index (χ2n) is 4.18. The van der Waals surface area contributed by atoms with Crippen molar-refractivity contribution in [3.63, 3.8) is 0 Å². The highest BCUT2D eigenvalue weighted by atomic mass is 35.5. The van der Waals surface area contributed by atoms with E-state index in [4.69, 9.17) is 27.3 Å². The fraction of sp³-hybridized carbons (Fsp3) is 0.133. The summed E-state index contributed by atoms with van der Waals surface area (Å²) in [6.45, 7) is 0.611. The Kier molecular flexibility index (Phi) is 4.57. The summed E-state index contributed by atoms with van der Waals surface area (Å²) >= 11 is 6.07. The van der Waals surface area contributed by atoms with Crippen LogP contribution in [0, 0.1) is 17.1 Å². The second-order valence-corrected chi connectivity index (χ2v) is 4.59. The van der Waals surface area contributed by atoms with E-state index in [2.05, 4.69) is 0 Å². The molecule has 2 aromatic rings. The van der Waals surface area contributed by atoms with Gasteiger partial charge in [-0.1, -0.05) is 23.7 Å². The summed E-state index contributed by atoms with van der Waals surface area (Å²) in [5.41, 5.74) is 7.12. The Morgan fingerprint density at radius 2 is 1.95 bits per heavy atom. The molecule has 0 amide bonds. The van der Waals surface area contributed by atoms with Crippen LogP contribution in [0.1, 0.15) is 16.7 Å². The van der Waals surface area contributed by atoms with Gasteiger partial charge < -0.3 is 10.5 Å². The van der Waals surface area contributed by atoms with Crippen LogP contribution in [0.3, 0.4) is 0 Å². The first-order valence-electron chi connectivity index (χ1n) is 5.94. The summed E-state index contributed by atoms with van der Waals surface area (Å²) in [6.07, 6.45) is 0. The quantitative estimate of drug-likeness (QED) is 0.939. The van der Waals surface area contributed by atoms with Crippen molar-refractivity contribution < 1.29 is 9.13 Å². The van der Waals surface area contributed by atoms with E-state index in [1.54, 1.807) is 24.3 Å². The van der Waals surface area contributed by atoms with E-state index in [1.807, 2.05) is 6.07 Å². The molecule has 2 aromatic carbocycles. The van der Waals surface area contributed by atoms with Crippen LogP contribution in [-0.2, 0) is 13.2 Å². The maximum atomic E-state index is 13.2. The summed E-state index contributed by atoms with van der Waals surface area (Å²) in [7, 11) is 0. The first-order chi connectivity index (χ1) is 9.63. The van der Waals surface area contributed by atoms with Crippen LogP contribution in [-0.4, -0.2) is 0 Å². The zero-order valence-corrected chi connectivity index (χ0v) is 11.3. The maximum absolute atomic E-state index is 13.2. The molecule has 2 N–H and O–H groups in total. The molecule has 0 fully saturated rings. The Morgan fingerprint density at radius 3 is 2.60 bits per heavy atom. The number of nitrogens with zero attached hydrogens (tertiary/aromatic N) is 1. The largest absolute Gasteiger partial charge is 0.487 e. The summed E-state index contributed by atoms with van der Waals surface area (Å²) in [5.74, 6) is -0.0201. The highest BCUT2D eigenvalue weighted by molar-refractivity contribution is 6.32. The van der Waals surface area contributed by atoms with E-state index in [0.29, 0.717) is 22.9 Å². The topological polar surface area (TPSA) is 59.0 Å².